The maximum absolute atomic E-state index is 12.7. The number of carbonyl (C=O) groups excluding carboxylic acids is 1. The predicted molar refractivity (Wildman–Crippen MR) is 116 cm³/mol. The number of rotatable bonds is 3. The minimum Gasteiger partial charge on any atom is -0.353 e. The van der Waals surface area contributed by atoms with Crippen molar-refractivity contribution in [2.45, 2.75) is 51.5 Å². The average molecular weight is 416 g/mol. The summed E-state index contributed by atoms with van der Waals surface area (Å²) in [4.78, 5) is 12.7. The summed E-state index contributed by atoms with van der Waals surface area (Å²) < 4.78 is 0. The van der Waals surface area contributed by atoms with Crippen LogP contribution in [0.15, 0.2) is 42.5 Å². The molecule has 2 aromatic carbocycles. The lowest BCUT2D eigenvalue weighted by atomic mass is 9.58. The molecule has 2 fully saturated rings. The lowest BCUT2D eigenvalue weighted by molar-refractivity contribution is -0.125. The van der Waals surface area contributed by atoms with Crippen LogP contribution in [0.25, 0.3) is 0 Å². The molecule has 4 heteroatoms. The summed E-state index contributed by atoms with van der Waals surface area (Å²) in [6, 6.07) is 14.8. The molecule has 6 atom stereocenters. The van der Waals surface area contributed by atoms with E-state index in [2.05, 4.69) is 56.4 Å². The van der Waals surface area contributed by atoms with Crippen molar-refractivity contribution >= 4 is 29.1 Å². The predicted octanol–water partition coefficient (Wildman–Crippen LogP) is 6.21. The molecule has 1 heterocycles. The van der Waals surface area contributed by atoms with E-state index >= 15 is 0 Å². The number of hydrogen-bond acceptors (Lipinski definition) is 1. The molecule has 1 saturated heterocycles. The zero-order chi connectivity index (χ0) is 20.0. The molecule has 2 aliphatic rings. The van der Waals surface area contributed by atoms with E-state index in [0.717, 1.165) is 22.9 Å². The molecule has 1 saturated carbocycles. The van der Waals surface area contributed by atoms with Crippen LogP contribution in [-0.2, 0) is 11.2 Å². The molecular weight excluding hydrogens is 389 g/mol. The van der Waals surface area contributed by atoms with Gasteiger partial charge in [0.1, 0.15) is 0 Å². The monoisotopic (exact) mass is 415 g/mol. The molecule has 1 N–H and O–H groups in total. The Morgan fingerprint density at radius 3 is 2.39 bits per heavy atom. The molecule has 148 valence electrons. The summed E-state index contributed by atoms with van der Waals surface area (Å²) in [7, 11) is 0. The molecule has 0 spiro atoms. The van der Waals surface area contributed by atoms with Crippen molar-refractivity contribution < 1.29 is 4.79 Å². The summed E-state index contributed by atoms with van der Waals surface area (Å²) in [5, 5.41) is 4.79. The molecule has 0 unspecified atom stereocenters. The first-order valence-electron chi connectivity index (χ1n) is 10.2. The van der Waals surface area contributed by atoms with Crippen molar-refractivity contribution in [2.75, 3.05) is 0 Å². The zero-order valence-corrected chi connectivity index (χ0v) is 18.1. The van der Waals surface area contributed by atoms with Gasteiger partial charge in [-0.2, -0.15) is 0 Å². The Balaban J connectivity index is 1.83. The molecule has 2 aromatic rings. The number of halogens is 2. The Kier molecular flexibility index (Phi) is 5.46. The van der Waals surface area contributed by atoms with Crippen LogP contribution in [0.1, 0.15) is 55.7 Å². The van der Waals surface area contributed by atoms with Gasteiger partial charge in [-0.05, 0) is 78.3 Å². The van der Waals surface area contributed by atoms with Gasteiger partial charge < -0.3 is 5.32 Å². The summed E-state index contributed by atoms with van der Waals surface area (Å²) in [5.41, 5.74) is 3.70. The van der Waals surface area contributed by atoms with Crippen molar-refractivity contribution in [1.29, 1.82) is 0 Å². The third-order valence-corrected chi connectivity index (χ3v) is 7.46. The smallest absolute Gasteiger partial charge is 0.223 e. The second-order valence-corrected chi connectivity index (χ2v) is 9.35. The van der Waals surface area contributed by atoms with Gasteiger partial charge in [0.15, 0.2) is 0 Å². The van der Waals surface area contributed by atoms with E-state index in [1.807, 2.05) is 12.1 Å². The zero-order valence-electron chi connectivity index (χ0n) is 16.6. The highest BCUT2D eigenvalue weighted by molar-refractivity contribution is 6.31. The highest BCUT2D eigenvalue weighted by Crippen LogP contribution is 2.55. The first-order chi connectivity index (χ1) is 13.4. The number of carbonyl (C=O) groups is 1. The second-order valence-electron chi connectivity index (χ2n) is 8.51. The second kappa shape index (κ2) is 7.72. The largest absolute Gasteiger partial charge is 0.353 e. The van der Waals surface area contributed by atoms with E-state index in [-0.39, 0.29) is 35.6 Å². The van der Waals surface area contributed by atoms with E-state index in [0.29, 0.717) is 5.92 Å². The van der Waals surface area contributed by atoms with Gasteiger partial charge in [0.05, 0.1) is 0 Å². The van der Waals surface area contributed by atoms with Gasteiger partial charge >= 0.3 is 0 Å². The third-order valence-electron chi connectivity index (χ3n) is 6.88. The molecule has 1 amide bonds. The summed E-state index contributed by atoms with van der Waals surface area (Å²) in [5.74, 6) is 1.36. The summed E-state index contributed by atoms with van der Waals surface area (Å²) in [6.45, 7) is 6.50. The molecule has 0 bridgehead atoms. The van der Waals surface area contributed by atoms with Crippen LogP contribution in [0.4, 0.5) is 0 Å². The topological polar surface area (TPSA) is 29.1 Å². The standard InChI is InChI=1S/C24H27Cl2NO/c1-4-15-5-10-18(20(26)12-15)19-11-13(2)21-22(14(3)27-24(21)28)23(19)16-6-8-17(25)9-7-16/h5-10,12-14,19,21-23H,4,11H2,1-3H3,(H,27,28)/t13-,14-,19+,21-,22-,23+/m1/s1. The van der Waals surface area contributed by atoms with E-state index in [4.69, 9.17) is 23.2 Å². The molecule has 0 radical (unpaired) electrons. The molecule has 0 aromatic heterocycles. The first-order valence-corrected chi connectivity index (χ1v) is 11.0. The Morgan fingerprint density at radius 1 is 1.04 bits per heavy atom. The van der Waals surface area contributed by atoms with Gasteiger partial charge in [0.2, 0.25) is 5.91 Å². The lowest BCUT2D eigenvalue weighted by Crippen LogP contribution is -2.39. The molecule has 4 rings (SSSR count). The van der Waals surface area contributed by atoms with Crippen molar-refractivity contribution in [3.05, 3.63) is 69.2 Å². The quantitative estimate of drug-likeness (QED) is 0.633. The fraction of sp³-hybridized carbons (Fsp3) is 0.458. The average Bonchev–Trinajstić information content (AvgIpc) is 2.97. The van der Waals surface area contributed by atoms with Crippen LogP contribution in [0.3, 0.4) is 0 Å². The number of amides is 1. The molecule has 1 aliphatic carbocycles. The maximum atomic E-state index is 12.7. The first kappa shape index (κ1) is 19.8. The molecule has 1 aliphatic heterocycles. The van der Waals surface area contributed by atoms with Crippen LogP contribution < -0.4 is 5.32 Å². The highest BCUT2D eigenvalue weighted by atomic mass is 35.5. The Labute approximate surface area is 177 Å². The minimum atomic E-state index is 0.0561. The SMILES string of the molecule is CCc1ccc([C@@H]2C[C@@H](C)[C@H]3C(=O)N[C@H](C)[C@H]3[C@H]2c2ccc(Cl)cc2)c(Cl)c1. The number of benzene rings is 2. The van der Waals surface area contributed by atoms with Crippen molar-refractivity contribution in [2.24, 2.45) is 17.8 Å². The van der Waals surface area contributed by atoms with Gasteiger partial charge in [-0.25, -0.2) is 0 Å². The van der Waals surface area contributed by atoms with Crippen LogP contribution in [-0.4, -0.2) is 11.9 Å². The van der Waals surface area contributed by atoms with Crippen LogP contribution in [0.2, 0.25) is 10.0 Å². The van der Waals surface area contributed by atoms with Gasteiger partial charge in [0.25, 0.3) is 0 Å². The van der Waals surface area contributed by atoms with E-state index < -0.39 is 0 Å². The van der Waals surface area contributed by atoms with E-state index in [1.165, 1.54) is 16.7 Å². The number of hydrogen-bond donors (Lipinski definition) is 1. The fourth-order valence-corrected chi connectivity index (χ4v) is 6.06. The number of aryl methyl sites for hydroxylation is 1. The van der Waals surface area contributed by atoms with Crippen LogP contribution in [0.5, 0.6) is 0 Å². The number of nitrogens with one attached hydrogen (secondary N) is 1. The fourth-order valence-electron chi connectivity index (χ4n) is 5.59. The Bertz CT molecular complexity index is 879. The normalized spacial score (nSPS) is 32.1. The third kappa shape index (κ3) is 3.35. The van der Waals surface area contributed by atoms with Gasteiger partial charge in [0, 0.05) is 22.0 Å². The van der Waals surface area contributed by atoms with Crippen LogP contribution in [0, 0.1) is 17.8 Å². The van der Waals surface area contributed by atoms with E-state index in [1.54, 1.807) is 0 Å². The molecule has 2 nitrogen and oxygen atoms in total. The maximum Gasteiger partial charge on any atom is 0.223 e. The van der Waals surface area contributed by atoms with E-state index in [9.17, 15) is 4.79 Å². The van der Waals surface area contributed by atoms with Crippen LogP contribution >= 0.6 is 23.2 Å². The minimum absolute atomic E-state index is 0.0561. The summed E-state index contributed by atoms with van der Waals surface area (Å²) >= 11 is 12.9. The number of fused-ring (bicyclic) bond motifs is 1. The van der Waals surface area contributed by atoms with Crippen molar-refractivity contribution in [3.8, 4) is 0 Å². The van der Waals surface area contributed by atoms with Crippen molar-refractivity contribution in [1.82, 2.24) is 5.32 Å². The molecule has 28 heavy (non-hydrogen) atoms. The van der Waals surface area contributed by atoms with Gasteiger partial charge in [-0.1, -0.05) is 61.3 Å². The Hall–Kier alpha value is -1.51. The van der Waals surface area contributed by atoms with Crippen molar-refractivity contribution in [3.63, 3.8) is 0 Å². The Morgan fingerprint density at radius 2 is 1.75 bits per heavy atom. The van der Waals surface area contributed by atoms with Gasteiger partial charge in [-0.3, -0.25) is 4.79 Å². The van der Waals surface area contributed by atoms with Gasteiger partial charge in [-0.15, -0.1) is 0 Å². The highest BCUT2D eigenvalue weighted by Gasteiger charge is 2.53. The lowest BCUT2D eigenvalue weighted by Gasteiger charge is -2.44. The summed E-state index contributed by atoms with van der Waals surface area (Å²) in [6.07, 6.45) is 1.93. The molecular formula is C24H27Cl2NO.